The number of halogens is 3. The minimum Gasteiger partial charge on any atom is -0.489 e. The van der Waals surface area contributed by atoms with Crippen molar-refractivity contribution in [1.29, 1.82) is 0 Å². The van der Waals surface area contributed by atoms with Crippen LogP contribution in [0.2, 0.25) is 0 Å². The van der Waals surface area contributed by atoms with Gasteiger partial charge in [-0.15, -0.1) is 0 Å². The smallest absolute Gasteiger partial charge is 0.308 e. The third-order valence-electron chi connectivity index (χ3n) is 4.13. The molecule has 1 aliphatic rings. The Morgan fingerprint density at radius 2 is 1.79 bits per heavy atom. The first-order valence-corrected chi connectivity index (χ1v) is 8.33. The summed E-state index contributed by atoms with van der Waals surface area (Å²) in [5, 5.41) is 9.00. The number of rotatable bonds is 5. The second kappa shape index (κ2) is 9.23. The molecule has 0 aromatic heterocycles. The van der Waals surface area contributed by atoms with E-state index in [1.165, 1.54) is 24.1 Å². The van der Waals surface area contributed by atoms with Gasteiger partial charge in [0.05, 0.1) is 5.92 Å². The molecule has 9 heteroatoms. The molecule has 2 aromatic carbocycles. The minimum atomic E-state index is -1.55. The van der Waals surface area contributed by atoms with Gasteiger partial charge in [-0.25, -0.2) is 13.2 Å². The van der Waals surface area contributed by atoms with Gasteiger partial charge in [0.15, 0.2) is 17.5 Å². The summed E-state index contributed by atoms with van der Waals surface area (Å²) in [5.74, 6) is -5.84. The Labute approximate surface area is 159 Å². The van der Waals surface area contributed by atoms with E-state index in [1.54, 1.807) is 12.1 Å². The highest BCUT2D eigenvalue weighted by molar-refractivity contribution is 5.99. The first-order valence-electron chi connectivity index (χ1n) is 8.33. The van der Waals surface area contributed by atoms with Gasteiger partial charge in [-0.2, -0.15) is 0 Å². The molecule has 0 saturated carbocycles. The van der Waals surface area contributed by atoms with Crippen molar-refractivity contribution in [3.63, 3.8) is 0 Å². The minimum absolute atomic E-state index is 0.0526. The van der Waals surface area contributed by atoms with Crippen LogP contribution in [0.25, 0.3) is 0 Å². The third kappa shape index (κ3) is 4.61. The van der Waals surface area contributed by atoms with Crippen molar-refractivity contribution < 1.29 is 32.6 Å². The molecule has 3 N–H and O–H groups in total. The van der Waals surface area contributed by atoms with Gasteiger partial charge >= 0.3 is 5.97 Å². The highest BCUT2D eigenvalue weighted by Crippen LogP contribution is 2.27. The molecule has 0 spiro atoms. The van der Waals surface area contributed by atoms with E-state index in [2.05, 4.69) is 5.73 Å². The molecule has 1 atom stereocenters. The molecule has 1 fully saturated rings. The zero-order chi connectivity index (χ0) is 20.8. The Morgan fingerprint density at radius 1 is 1.14 bits per heavy atom. The van der Waals surface area contributed by atoms with Gasteiger partial charge in [0.1, 0.15) is 12.4 Å². The molecule has 1 aliphatic heterocycles. The van der Waals surface area contributed by atoms with Gasteiger partial charge in [0.25, 0.3) is 0 Å². The van der Waals surface area contributed by atoms with Crippen LogP contribution in [0.3, 0.4) is 0 Å². The maximum atomic E-state index is 13.6. The second-order valence-electron chi connectivity index (χ2n) is 5.86. The van der Waals surface area contributed by atoms with E-state index in [0.29, 0.717) is 11.4 Å². The van der Waals surface area contributed by atoms with Crippen LogP contribution in [0.5, 0.6) is 5.75 Å². The predicted octanol–water partition coefficient (Wildman–Crippen LogP) is 2.70. The average Bonchev–Trinajstić information content (AvgIpc) is 3.10. The van der Waals surface area contributed by atoms with Crippen LogP contribution in [0, 0.1) is 23.4 Å². The normalized spacial score (nSPS) is 15.8. The van der Waals surface area contributed by atoms with Crippen LogP contribution in [-0.4, -0.2) is 30.6 Å². The Morgan fingerprint density at radius 3 is 2.36 bits per heavy atom. The van der Waals surface area contributed by atoms with Crippen molar-refractivity contribution in [3.05, 3.63) is 59.4 Å². The lowest BCUT2D eigenvalue weighted by molar-refractivity contribution is -0.141. The fourth-order valence-electron chi connectivity index (χ4n) is 2.68. The number of nitrogens with zero attached hydrogens (tertiary/aromatic N) is 1. The van der Waals surface area contributed by atoms with Crippen LogP contribution in [0.4, 0.5) is 18.9 Å². The standard InChI is InChI=1S/C18H14F3NO4.CH5N/c19-14-6-1-10(16(20)17(14)21)9-26-13-4-2-12(3-5-13)22-8-11(18(24)25)7-15(22)23;1-2/h1-6,11H,7-9H2,(H,24,25);2H2,1H3. The van der Waals surface area contributed by atoms with E-state index in [1.807, 2.05) is 0 Å². The summed E-state index contributed by atoms with van der Waals surface area (Å²) in [5.41, 5.74) is 4.89. The molecule has 0 bridgehead atoms. The quantitative estimate of drug-likeness (QED) is 0.758. The first-order chi connectivity index (χ1) is 13.4. The van der Waals surface area contributed by atoms with E-state index in [0.717, 1.165) is 12.1 Å². The Kier molecular flexibility index (Phi) is 7.00. The third-order valence-corrected chi connectivity index (χ3v) is 4.13. The van der Waals surface area contributed by atoms with Crippen molar-refractivity contribution in [2.75, 3.05) is 18.5 Å². The topological polar surface area (TPSA) is 92.9 Å². The van der Waals surface area contributed by atoms with Gasteiger partial charge < -0.3 is 20.5 Å². The van der Waals surface area contributed by atoms with Gasteiger partial charge in [-0.05, 0) is 43.4 Å². The number of nitrogens with two attached hydrogens (primary N) is 1. The molecule has 1 unspecified atom stereocenters. The predicted molar refractivity (Wildman–Crippen MR) is 95.3 cm³/mol. The molecule has 6 nitrogen and oxygen atoms in total. The molecule has 28 heavy (non-hydrogen) atoms. The van der Waals surface area contributed by atoms with Gasteiger partial charge in [0, 0.05) is 24.2 Å². The number of benzene rings is 2. The molecule has 0 aliphatic carbocycles. The van der Waals surface area contributed by atoms with E-state index >= 15 is 0 Å². The van der Waals surface area contributed by atoms with E-state index in [4.69, 9.17) is 9.84 Å². The highest BCUT2D eigenvalue weighted by atomic mass is 19.2. The summed E-state index contributed by atoms with van der Waals surface area (Å²) in [6.07, 6.45) is -0.0526. The largest absolute Gasteiger partial charge is 0.489 e. The average molecular weight is 396 g/mol. The lowest BCUT2D eigenvalue weighted by Crippen LogP contribution is -2.25. The molecule has 1 heterocycles. The number of hydrogen-bond donors (Lipinski definition) is 2. The summed E-state index contributed by atoms with van der Waals surface area (Å²) in [6, 6.07) is 8.09. The van der Waals surface area contributed by atoms with Crippen molar-refractivity contribution >= 4 is 17.6 Å². The Balaban J connectivity index is 0.00000136. The van der Waals surface area contributed by atoms with E-state index in [-0.39, 0.29) is 31.0 Å². The first kappa shape index (κ1) is 21.2. The summed E-state index contributed by atoms with van der Waals surface area (Å²) >= 11 is 0. The van der Waals surface area contributed by atoms with Gasteiger partial charge in [-0.1, -0.05) is 0 Å². The van der Waals surface area contributed by atoms with Gasteiger partial charge in [-0.3, -0.25) is 9.59 Å². The Hall–Kier alpha value is -3.07. The number of anilines is 1. The Bertz CT molecular complexity index is 859. The maximum absolute atomic E-state index is 13.6. The van der Waals surface area contributed by atoms with Crippen molar-refractivity contribution in [2.24, 2.45) is 11.7 Å². The molecular formula is C19H19F3N2O4. The molecule has 3 rings (SSSR count). The lowest BCUT2D eigenvalue weighted by Gasteiger charge is -2.16. The number of carboxylic acid groups (broad SMARTS) is 1. The van der Waals surface area contributed by atoms with Crippen LogP contribution in [-0.2, 0) is 16.2 Å². The van der Waals surface area contributed by atoms with Crippen LogP contribution in [0.15, 0.2) is 36.4 Å². The molecule has 1 saturated heterocycles. The van der Waals surface area contributed by atoms with Crippen molar-refractivity contribution in [3.8, 4) is 5.75 Å². The highest BCUT2D eigenvalue weighted by Gasteiger charge is 2.34. The molecular weight excluding hydrogens is 377 g/mol. The number of carboxylic acids is 1. The maximum Gasteiger partial charge on any atom is 0.308 e. The van der Waals surface area contributed by atoms with Crippen LogP contribution < -0.4 is 15.4 Å². The summed E-state index contributed by atoms with van der Waals surface area (Å²) < 4.78 is 45.0. The SMILES string of the molecule is CN.O=C(O)C1CC(=O)N(c2ccc(OCc3ccc(F)c(F)c3F)cc2)C1. The number of carbonyl (C=O) groups is 2. The zero-order valence-electron chi connectivity index (χ0n) is 15.0. The van der Waals surface area contributed by atoms with E-state index < -0.39 is 29.3 Å². The number of carbonyl (C=O) groups excluding carboxylic acids is 1. The van der Waals surface area contributed by atoms with Crippen LogP contribution in [0.1, 0.15) is 12.0 Å². The monoisotopic (exact) mass is 396 g/mol. The lowest BCUT2D eigenvalue weighted by atomic mass is 10.1. The van der Waals surface area contributed by atoms with E-state index in [9.17, 15) is 22.8 Å². The van der Waals surface area contributed by atoms with Crippen LogP contribution >= 0.6 is 0 Å². The molecule has 2 aromatic rings. The molecule has 1 amide bonds. The second-order valence-corrected chi connectivity index (χ2v) is 5.86. The van der Waals surface area contributed by atoms with Crippen molar-refractivity contribution in [2.45, 2.75) is 13.0 Å². The summed E-state index contributed by atoms with van der Waals surface area (Å²) in [6.45, 7) is -0.208. The number of hydrogen-bond acceptors (Lipinski definition) is 4. The summed E-state index contributed by atoms with van der Waals surface area (Å²) in [7, 11) is 1.50. The number of amides is 1. The van der Waals surface area contributed by atoms with Crippen molar-refractivity contribution in [1.82, 2.24) is 0 Å². The van der Waals surface area contributed by atoms with Gasteiger partial charge in [0.2, 0.25) is 5.91 Å². The fourth-order valence-corrected chi connectivity index (χ4v) is 2.68. The molecule has 150 valence electrons. The summed E-state index contributed by atoms with van der Waals surface area (Å²) in [4.78, 5) is 24.3. The number of aliphatic carboxylic acids is 1. The zero-order valence-corrected chi connectivity index (χ0v) is 15.0. The number of ether oxygens (including phenoxy) is 1. The molecule has 0 radical (unpaired) electrons. The fraction of sp³-hybridized carbons (Fsp3) is 0.263.